The standard InChI is InChI=1S/C17H28N6O/c1-2-18-15-6-7-19-17(20-15)23-12-10-21(11-13-23)14-16(24)22-8-4-3-5-9-22/h6-7H,2-5,8-14H2,1H3,(H,18,19,20). The summed E-state index contributed by atoms with van der Waals surface area (Å²) in [6, 6.07) is 1.89. The molecule has 7 heteroatoms. The number of nitrogens with zero attached hydrogens (tertiary/aromatic N) is 5. The van der Waals surface area contributed by atoms with Crippen molar-refractivity contribution in [1.29, 1.82) is 0 Å². The summed E-state index contributed by atoms with van der Waals surface area (Å²) in [6.07, 6.45) is 5.36. The van der Waals surface area contributed by atoms with E-state index in [1.54, 1.807) is 6.20 Å². The zero-order chi connectivity index (χ0) is 16.8. The summed E-state index contributed by atoms with van der Waals surface area (Å²) >= 11 is 0. The molecule has 0 saturated carbocycles. The van der Waals surface area contributed by atoms with Crippen LogP contribution >= 0.6 is 0 Å². The predicted octanol–water partition coefficient (Wildman–Crippen LogP) is 1.04. The Kier molecular flexibility index (Phi) is 5.85. The zero-order valence-corrected chi connectivity index (χ0v) is 14.6. The molecule has 1 amide bonds. The topological polar surface area (TPSA) is 64.6 Å². The Morgan fingerprint density at radius 1 is 1.12 bits per heavy atom. The zero-order valence-electron chi connectivity index (χ0n) is 14.6. The van der Waals surface area contributed by atoms with Crippen molar-refractivity contribution in [3.05, 3.63) is 12.3 Å². The number of hydrogen-bond donors (Lipinski definition) is 1. The molecule has 1 aromatic heterocycles. The van der Waals surface area contributed by atoms with Crippen molar-refractivity contribution in [2.24, 2.45) is 0 Å². The lowest BCUT2D eigenvalue weighted by Gasteiger charge is -2.36. The van der Waals surface area contributed by atoms with Crippen molar-refractivity contribution in [2.75, 3.05) is 62.6 Å². The van der Waals surface area contributed by atoms with E-state index in [1.807, 2.05) is 11.0 Å². The normalized spacial score (nSPS) is 19.4. The van der Waals surface area contributed by atoms with Crippen LogP contribution in [0.15, 0.2) is 12.3 Å². The lowest BCUT2D eigenvalue weighted by atomic mass is 10.1. The van der Waals surface area contributed by atoms with Gasteiger partial charge in [-0.3, -0.25) is 9.69 Å². The third-order valence-corrected chi connectivity index (χ3v) is 4.72. The summed E-state index contributed by atoms with van der Waals surface area (Å²) in [5.41, 5.74) is 0. The number of piperazine rings is 1. The third-order valence-electron chi connectivity index (χ3n) is 4.72. The molecule has 0 aromatic carbocycles. The molecule has 0 spiro atoms. The van der Waals surface area contributed by atoms with Crippen LogP contribution in [0.3, 0.4) is 0 Å². The molecule has 2 fully saturated rings. The molecule has 24 heavy (non-hydrogen) atoms. The van der Waals surface area contributed by atoms with Crippen LogP contribution in [0.2, 0.25) is 0 Å². The Balaban J connectivity index is 1.48. The number of rotatable bonds is 5. The highest BCUT2D eigenvalue weighted by atomic mass is 16.2. The molecule has 1 aromatic rings. The smallest absolute Gasteiger partial charge is 0.236 e. The Morgan fingerprint density at radius 2 is 1.88 bits per heavy atom. The van der Waals surface area contributed by atoms with Crippen molar-refractivity contribution < 1.29 is 4.79 Å². The number of carbonyl (C=O) groups excluding carboxylic acids is 1. The van der Waals surface area contributed by atoms with Crippen molar-refractivity contribution in [2.45, 2.75) is 26.2 Å². The molecule has 3 heterocycles. The highest BCUT2D eigenvalue weighted by molar-refractivity contribution is 5.78. The van der Waals surface area contributed by atoms with E-state index >= 15 is 0 Å². The fourth-order valence-corrected chi connectivity index (χ4v) is 3.32. The first-order valence-electron chi connectivity index (χ1n) is 9.08. The quantitative estimate of drug-likeness (QED) is 0.869. The molecule has 3 rings (SSSR count). The summed E-state index contributed by atoms with van der Waals surface area (Å²) < 4.78 is 0. The monoisotopic (exact) mass is 332 g/mol. The average molecular weight is 332 g/mol. The number of carbonyl (C=O) groups is 1. The van der Waals surface area contributed by atoms with Gasteiger partial charge in [0.15, 0.2) is 0 Å². The van der Waals surface area contributed by atoms with E-state index in [1.165, 1.54) is 6.42 Å². The fraction of sp³-hybridized carbons (Fsp3) is 0.706. The van der Waals surface area contributed by atoms with Gasteiger partial charge in [0, 0.05) is 52.0 Å². The molecule has 2 aliphatic rings. The maximum absolute atomic E-state index is 12.4. The van der Waals surface area contributed by atoms with Gasteiger partial charge < -0.3 is 15.1 Å². The second-order valence-electron chi connectivity index (χ2n) is 6.48. The van der Waals surface area contributed by atoms with Crippen LogP contribution < -0.4 is 10.2 Å². The molecule has 2 saturated heterocycles. The molecule has 132 valence electrons. The maximum atomic E-state index is 12.4. The SMILES string of the molecule is CCNc1ccnc(N2CCN(CC(=O)N3CCCCC3)CC2)n1. The Hall–Kier alpha value is -1.89. The van der Waals surface area contributed by atoms with E-state index < -0.39 is 0 Å². The van der Waals surface area contributed by atoms with Gasteiger partial charge in [-0.05, 0) is 32.3 Å². The molecule has 7 nitrogen and oxygen atoms in total. The van der Waals surface area contributed by atoms with Crippen molar-refractivity contribution in [3.63, 3.8) is 0 Å². The first-order chi connectivity index (χ1) is 11.8. The van der Waals surface area contributed by atoms with Crippen LogP contribution in [0.5, 0.6) is 0 Å². The maximum Gasteiger partial charge on any atom is 0.236 e. The van der Waals surface area contributed by atoms with Crippen LogP contribution in [0.4, 0.5) is 11.8 Å². The van der Waals surface area contributed by atoms with E-state index in [0.29, 0.717) is 6.54 Å². The van der Waals surface area contributed by atoms with Crippen molar-refractivity contribution in [1.82, 2.24) is 19.8 Å². The summed E-state index contributed by atoms with van der Waals surface area (Å²) in [7, 11) is 0. The van der Waals surface area contributed by atoms with Gasteiger partial charge >= 0.3 is 0 Å². The average Bonchev–Trinajstić information content (AvgIpc) is 2.63. The number of likely N-dealkylation sites (tertiary alicyclic amines) is 1. The highest BCUT2D eigenvalue weighted by Crippen LogP contribution is 2.14. The van der Waals surface area contributed by atoms with Crippen LogP contribution in [0.1, 0.15) is 26.2 Å². The van der Waals surface area contributed by atoms with Crippen molar-refractivity contribution in [3.8, 4) is 0 Å². The molecule has 2 aliphatic heterocycles. The molecule has 1 N–H and O–H groups in total. The number of aromatic nitrogens is 2. The summed E-state index contributed by atoms with van der Waals surface area (Å²) in [6.45, 7) is 8.82. The van der Waals surface area contributed by atoms with Gasteiger partial charge in [-0.25, -0.2) is 4.98 Å². The minimum Gasteiger partial charge on any atom is -0.370 e. The molecule has 0 bridgehead atoms. The molecule has 0 atom stereocenters. The van der Waals surface area contributed by atoms with Gasteiger partial charge in [0.2, 0.25) is 11.9 Å². The van der Waals surface area contributed by atoms with Crippen LogP contribution in [-0.2, 0) is 4.79 Å². The minimum atomic E-state index is 0.286. The lowest BCUT2D eigenvalue weighted by Crippen LogP contribution is -2.51. The number of anilines is 2. The minimum absolute atomic E-state index is 0.286. The first-order valence-corrected chi connectivity index (χ1v) is 9.08. The molecule has 0 aliphatic carbocycles. The van der Waals surface area contributed by atoms with Gasteiger partial charge in [-0.2, -0.15) is 4.98 Å². The van der Waals surface area contributed by atoms with E-state index in [9.17, 15) is 4.79 Å². The third kappa shape index (κ3) is 4.35. The Bertz CT molecular complexity index is 538. The van der Waals surface area contributed by atoms with Crippen LogP contribution in [0, 0.1) is 0 Å². The van der Waals surface area contributed by atoms with Gasteiger partial charge in [-0.15, -0.1) is 0 Å². The summed E-state index contributed by atoms with van der Waals surface area (Å²) in [5.74, 6) is 1.93. The highest BCUT2D eigenvalue weighted by Gasteiger charge is 2.23. The Morgan fingerprint density at radius 3 is 2.58 bits per heavy atom. The largest absolute Gasteiger partial charge is 0.370 e. The van der Waals surface area contributed by atoms with Gasteiger partial charge in [0.05, 0.1) is 6.54 Å². The predicted molar refractivity (Wildman–Crippen MR) is 95.3 cm³/mol. The number of amides is 1. The number of hydrogen-bond acceptors (Lipinski definition) is 6. The van der Waals surface area contributed by atoms with Crippen molar-refractivity contribution >= 4 is 17.7 Å². The molecule has 0 unspecified atom stereocenters. The van der Waals surface area contributed by atoms with Crippen LogP contribution in [-0.4, -0.2) is 78.0 Å². The molecular formula is C17H28N6O. The van der Waals surface area contributed by atoms with E-state index in [4.69, 9.17) is 0 Å². The fourth-order valence-electron chi connectivity index (χ4n) is 3.32. The second-order valence-corrected chi connectivity index (χ2v) is 6.48. The van der Waals surface area contributed by atoms with Gasteiger partial charge in [0.1, 0.15) is 5.82 Å². The van der Waals surface area contributed by atoms with E-state index in [-0.39, 0.29) is 5.91 Å². The van der Waals surface area contributed by atoms with E-state index in [0.717, 1.165) is 70.4 Å². The Labute approximate surface area is 144 Å². The number of piperidine rings is 1. The van der Waals surface area contributed by atoms with Gasteiger partial charge in [0.25, 0.3) is 0 Å². The first kappa shape index (κ1) is 17.0. The van der Waals surface area contributed by atoms with E-state index in [2.05, 4.69) is 32.0 Å². The lowest BCUT2D eigenvalue weighted by molar-refractivity contribution is -0.133. The van der Waals surface area contributed by atoms with Gasteiger partial charge in [-0.1, -0.05) is 0 Å². The second kappa shape index (κ2) is 8.28. The summed E-state index contributed by atoms with van der Waals surface area (Å²) in [4.78, 5) is 27.8. The van der Waals surface area contributed by atoms with Crippen LogP contribution in [0.25, 0.3) is 0 Å². The molecular weight excluding hydrogens is 304 g/mol. The summed E-state index contributed by atoms with van der Waals surface area (Å²) in [5, 5.41) is 3.22. The molecule has 0 radical (unpaired) electrons. The number of nitrogens with one attached hydrogen (secondary N) is 1.